The highest BCUT2D eigenvalue weighted by molar-refractivity contribution is 6.91. The van der Waals surface area contributed by atoms with Gasteiger partial charge in [-0.3, -0.25) is 0 Å². The Bertz CT molecular complexity index is 920. The molecule has 27 heavy (non-hydrogen) atoms. The lowest BCUT2D eigenvalue weighted by molar-refractivity contribution is 1.67. The summed E-state index contributed by atoms with van der Waals surface area (Å²) in [6, 6.07) is 43.2. The maximum Gasteiger partial charge on any atom is 0.214 e. The Morgan fingerprint density at radius 1 is 0.444 bits per heavy atom. The first-order chi connectivity index (χ1) is 13.4. The van der Waals surface area contributed by atoms with Crippen molar-refractivity contribution in [3.63, 3.8) is 0 Å². The summed E-state index contributed by atoms with van der Waals surface area (Å²) in [4.78, 5) is 0. The van der Waals surface area contributed by atoms with Crippen molar-refractivity contribution in [3.8, 4) is 0 Å². The maximum atomic E-state index is 5.60. The SMILES string of the molecule is c1ccc([Si](=N[SiH](c2ccccc2)c2ccccc2)c2ccccc2)cc1. The molecule has 0 amide bonds. The lowest BCUT2D eigenvalue weighted by atomic mass is 10.4. The monoisotopic (exact) mass is 379 g/mol. The van der Waals surface area contributed by atoms with Crippen LogP contribution in [0.5, 0.6) is 0 Å². The largest absolute Gasteiger partial charge is 0.352 e. The van der Waals surface area contributed by atoms with Crippen LogP contribution in [0.1, 0.15) is 0 Å². The standard InChI is InChI=1S/C24H21NSi2/c1-5-13-21(14-6-1)26(22-15-7-2-8-16-22)25-27(23-17-9-3-10-18-23)24-19-11-4-12-20-24/h1-20,26H. The fourth-order valence-electron chi connectivity index (χ4n) is 3.25. The molecule has 0 atom stereocenters. The summed E-state index contributed by atoms with van der Waals surface area (Å²) < 4.78 is 5.60. The number of rotatable bonds is 5. The Kier molecular flexibility index (Phi) is 5.62. The molecule has 0 radical (unpaired) electrons. The third kappa shape index (κ3) is 4.27. The summed E-state index contributed by atoms with van der Waals surface area (Å²) in [5, 5.41) is 5.44. The minimum atomic E-state index is -1.68. The van der Waals surface area contributed by atoms with Gasteiger partial charge < -0.3 is 4.30 Å². The summed E-state index contributed by atoms with van der Waals surface area (Å²) in [6.45, 7) is 0. The fraction of sp³-hybridized carbons (Fsp3) is 0. The van der Waals surface area contributed by atoms with Crippen molar-refractivity contribution < 1.29 is 0 Å². The molecule has 0 heterocycles. The Morgan fingerprint density at radius 3 is 1.15 bits per heavy atom. The Balaban J connectivity index is 1.90. The molecule has 0 spiro atoms. The fourth-order valence-corrected chi connectivity index (χ4v) is 9.58. The van der Waals surface area contributed by atoms with Crippen LogP contribution in [-0.2, 0) is 0 Å². The van der Waals surface area contributed by atoms with Crippen LogP contribution < -0.4 is 20.7 Å². The lowest BCUT2D eigenvalue weighted by Crippen LogP contribution is -2.45. The van der Waals surface area contributed by atoms with Gasteiger partial charge in [-0.1, -0.05) is 121 Å². The van der Waals surface area contributed by atoms with Crippen molar-refractivity contribution in [3.05, 3.63) is 121 Å². The van der Waals surface area contributed by atoms with Gasteiger partial charge in [0, 0.05) is 0 Å². The Labute approximate surface area is 164 Å². The van der Waals surface area contributed by atoms with Gasteiger partial charge in [0.2, 0.25) is 8.96 Å². The van der Waals surface area contributed by atoms with E-state index in [2.05, 4.69) is 121 Å². The predicted molar refractivity (Wildman–Crippen MR) is 120 cm³/mol. The van der Waals surface area contributed by atoms with Crippen LogP contribution in [0.4, 0.5) is 0 Å². The van der Waals surface area contributed by atoms with Gasteiger partial charge in [-0.2, -0.15) is 0 Å². The summed E-state index contributed by atoms with van der Waals surface area (Å²) in [7, 11) is -2.88. The molecule has 130 valence electrons. The van der Waals surface area contributed by atoms with E-state index in [1.54, 1.807) is 0 Å². The third-order valence-electron chi connectivity index (χ3n) is 4.58. The van der Waals surface area contributed by atoms with E-state index in [-0.39, 0.29) is 0 Å². The molecule has 0 unspecified atom stereocenters. The van der Waals surface area contributed by atoms with Gasteiger partial charge in [0.25, 0.3) is 0 Å². The Hall–Kier alpha value is -2.89. The van der Waals surface area contributed by atoms with Gasteiger partial charge in [0.15, 0.2) is 8.59 Å². The van der Waals surface area contributed by atoms with Crippen molar-refractivity contribution in [2.45, 2.75) is 0 Å². The summed E-state index contributed by atoms with van der Waals surface area (Å²) in [6.07, 6.45) is 0. The number of nitrogens with zero attached hydrogens (tertiary/aromatic N) is 1. The molecule has 0 fully saturated rings. The van der Waals surface area contributed by atoms with Gasteiger partial charge >= 0.3 is 0 Å². The average Bonchev–Trinajstić information content (AvgIpc) is 2.77. The zero-order valence-electron chi connectivity index (χ0n) is 15.1. The van der Waals surface area contributed by atoms with Crippen LogP contribution in [0.25, 0.3) is 0 Å². The summed E-state index contributed by atoms with van der Waals surface area (Å²) in [5.74, 6) is 0. The zero-order valence-corrected chi connectivity index (χ0v) is 17.2. The lowest BCUT2D eigenvalue weighted by Gasteiger charge is -2.15. The second-order valence-corrected chi connectivity index (χ2v) is 11.5. The van der Waals surface area contributed by atoms with Crippen LogP contribution in [0.3, 0.4) is 0 Å². The predicted octanol–water partition coefficient (Wildman–Crippen LogP) is 2.60. The van der Waals surface area contributed by atoms with Crippen LogP contribution in [0, 0.1) is 0 Å². The number of hydrogen-bond donors (Lipinski definition) is 0. The average molecular weight is 380 g/mol. The molecular weight excluding hydrogens is 358 g/mol. The van der Waals surface area contributed by atoms with E-state index in [0.29, 0.717) is 0 Å². The molecule has 0 bridgehead atoms. The highest BCUT2D eigenvalue weighted by Crippen LogP contribution is 1.97. The Morgan fingerprint density at radius 2 is 0.778 bits per heavy atom. The van der Waals surface area contributed by atoms with Crippen LogP contribution >= 0.6 is 0 Å². The first-order valence-electron chi connectivity index (χ1n) is 9.20. The van der Waals surface area contributed by atoms with Crippen LogP contribution in [0.15, 0.2) is 126 Å². The second-order valence-electron chi connectivity index (χ2n) is 6.43. The number of benzene rings is 4. The molecule has 3 heteroatoms. The van der Waals surface area contributed by atoms with Crippen molar-refractivity contribution in [1.29, 1.82) is 0 Å². The molecule has 0 N–H and O–H groups in total. The van der Waals surface area contributed by atoms with E-state index in [9.17, 15) is 0 Å². The first-order valence-corrected chi connectivity index (χ1v) is 12.3. The normalized spacial score (nSPS) is 10.6. The molecule has 4 aromatic carbocycles. The van der Waals surface area contributed by atoms with Crippen molar-refractivity contribution in [1.82, 2.24) is 0 Å². The molecular formula is C24H21NSi2. The second kappa shape index (κ2) is 8.67. The zero-order chi connectivity index (χ0) is 18.3. The van der Waals surface area contributed by atoms with Crippen molar-refractivity contribution in [2.24, 2.45) is 4.30 Å². The molecule has 0 aromatic heterocycles. The highest BCUT2D eigenvalue weighted by Gasteiger charge is 2.18. The van der Waals surface area contributed by atoms with Crippen molar-refractivity contribution >= 4 is 38.3 Å². The van der Waals surface area contributed by atoms with Gasteiger partial charge in [0.1, 0.15) is 0 Å². The molecule has 1 nitrogen and oxygen atoms in total. The smallest absolute Gasteiger partial charge is 0.214 e. The third-order valence-corrected chi connectivity index (χ3v) is 10.4. The summed E-state index contributed by atoms with van der Waals surface area (Å²) >= 11 is 0. The summed E-state index contributed by atoms with van der Waals surface area (Å²) in [5.41, 5.74) is 0. The molecule has 0 saturated carbocycles. The molecule has 0 aliphatic rings. The maximum absolute atomic E-state index is 5.60. The van der Waals surface area contributed by atoms with E-state index >= 15 is 0 Å². The van der Waals surface area contributed by atoms with Gasteiger partial charge in [-0.15, -0.1) is 0 Å². The van der Waals surface area contributed by atoms with E-state index in [1.807, 2.05) is 0 Å². The molecule has 0 aliphatic carbocycles. The number of hydrogen-bond acceptors (Lipinski definition) is 1. The quantitative estimate of drug-likeness (QED) is 0.473. The minimum Gasteiger partial charge on any atom is -0.352 e. The molecule has 4 aromatic rings. The van der Waals surface area contributed by atoms with Crippen LogP contribution in [0.2, 0.25) is 0 Å². The van der Waals surface area contributed by atoms with Gasteiger partial charge in [-0.25, -0.2) is 0 Å². The molecule has 4 rings (SSSR count). The minimum absolute atomic E-state index is 1.21. The first kappa shape index (κ1) is 17.5. The topological polar surface area (TPSA) is 12.4 Å². The van der Waals surface area contributed by atoms with E-state index in [0.717, 1.165) is 0 Å². The van der Waals surface area contributed by atoms with E-state index < -0.39 is 17.5 Å². The van der Waals surface area contributed by atoms with E-state index in [1.165, 1.54) is 20.7 Å². The molecule has 0 saturated heterocycles. The van der Waals surface area contributed by atoms with Gasteiger partial charge in [0.05, 0.1) is 0 Å². The van der Waals surface area contributed by atoms with Crippen LogP contribution in [-0.4, -0.2) is 17.5 Å². The van der Waals surface area contributed by atoms with E-state index in [4.69, 9.17) is 4.30 Å². The van der Waals surface area contributed by atoms with Crippen molar-refractivity contribution in [2.75, 3.05) is 0 Å². The molecule has 0 aliphatic heterocycles. The highest BCUT2D eigenvalue weighted by atomic mass is 28.3. The van der Waals surface area contributed by atoms with Gasteiger partial charge in [-0.05, 0) is 20.7 Å².